The number of benzene rings is 1. The van der Waals surface area contributed by atoms with Gasteiger partial charge < -0.3 is 83.8 Å². The first-order valence-electron chi connectivity index (χ1n) is 25.1. The van der Waals surface area contributed by atoms with Crippen LogP contribution in [0.4, 0.5) is 0 Å². The minimum Gasteiger partial charge on any atom is -0.354 e. The van der Waals surface area contributed by atoms with Crippen molar-refractivity contribution in [3.63, 3.8) is 0 Å². The second-order valence-electron chi connectivity index (χ2n) is 16.3. The highest BCUT2D eigenvalue weighted by atomic mass is 16.7. The van der Waals surface area contributed by atoms with E-state index in [0.717, 1.165) is 64.2 Å². The molecule has 4 saturated heterocycles. The van der Waals surface area contributed by atoms with Crippen LogP contribution in [0.2, 0.25) is 0 Å². The van der Waals surface area contributed by atoms with Gasteiger partial charge in [-0.05, 0) is 95.5 Å². The van der Waals surface area contributed by atoms with Crippen molar-refractivity contribution in [1.29, 1.82) is 0 Å². The molecule has 1 saturated carbocycles. The third-order valence-corrected chi connectivity index (χ3v) is 11.6. The number of hydrogen-bond donors (Lipinski definition) is 8. The van der Waals surface area contributed by atoms with Crippen LogP contribution in [0.1, 0.15) is 145 Å². The lowest BCUT2D eigenvalue weighted by Gasteiger charge is -2.36. The Kier molecular flexibility index (Phi) is 39.8. The summed E-state index contributed by atoms with van der Waals surface area (Å²) in [5, 5.41) is 0. The van der Waals surface area contributed by atoms with E-state index >= 15 is 0 Å². The zero-order valence-corrected chi connectivity index (χ0v) is 43.6. The normalized spacial score (nSPS) is 32.3. The second-order valence-corrected chi connectivity index (χ2v) is 16.3. The SMILES string of the molecule is CC.CC.CC.CC.CCC(N)C1CC[C@@H](N)[C@@H](OC)O1.CO[C@H]1OC(C(C)N)CC[C@H]1N.CO[C@H]1OC(C(N)C2CC2)CC[C@H]1N.CO[C@H]1OC(C(N)Cc2ccccc2)CC[C@H]1N. The Hall–Kier alpha value is -1.42. The van der Waals surface area contributed by atoms with Crippen molar-refractivity contribution < 1.29 is 37.9 Å². The molecule has 8 unspecified atom stereocenters. The molecule has 65 heavy (non-hydrogen) atoms. The van der Waals surface area contributed by atoms with Crippen molar-refractivity contribution in [1.82, 2.24) is 0 Å². The largest absolute Gasteiger partial charge is 0.354 e. The fourth-order valence-electron chi connectivity index (χ4n) is 7.62. The summed E-state index contributed by atoms with van der Waals surface area (Å²) in [6.07, 6.45) is 10.9. The molecule has 1 aromatic rings. The van der Waals surface area contributed by atoms with Crippen molar-refractivity contribution >= 4 is 0 Å². The molecule has 5 fully saturated rings. The third-order valence-electron chi connectivity index (χ3n) is 11.6. The Morgan fingerprint density at radius 2 is 0.800 bits per heavy atom. The lowest BCUT2D eigenvalue weighted by Crippen LogP contribution is -2.51. The molecule has 1 aromatic carbocycles. The molecule has 16 atom stereocenters. The van der Waals surface area contributed by atoms with Crippen LogP contribution in [0.5, 0.6) is 0 Å². The topological polar surface area (TPSA) is 282 Å². The molecule has 1 aliphatic carbocycles. The number of methoxy groups -OCH3 is 4. The third kappa shape index (κ3) is 25.1. The minimum absolute atomic E-state index is 0.00246. The van der Waals surface area contributed by atoms with E-state index in [9.17, 15) is 0 Å². The van der Waals surface area contributed by atoms with Crippen LogP contribution in [0, 0.1) is 5.92 Å². The predicted octanol–water partition coefficient (Wildman–Crippen LogP) is 5.36. The van der Waals surface area contributed by atoms with Gasteiger partial charge >= 0.3 is 0 Å². The van der Waals surface area contributed by atoms with Crippen LogP contribution in [-0.2, 0) is 44.3 Å². The summed E-state index contributed by atoms with van der Waals surface area (Å²) in [6.45, 7) is 20.0. The fraction of sp³-hybridized carbons (Fsp3) is 0.878. The molecule has 0 aromatic heterocycles. The van der Waals surface area contributed by atoms with E-state index in [-0.39, 0.29) is 97.9 Å². The van der Waals surface area contributed by atoms with Gasteiger partial charge in [0, 0.05) is 52.6 Å². The highest BCUT2D eigenvalue weighted by molar-refractivity contribution is 5.16. The van der Waals surface area contributed by atoms with Gasteiger partial charge in [0.25, 0.3) is 0 Å². The van der Waals surface area contributed by atoms with Crippen LogP contribution >= 0.6 is 0 Å². The quantitative estimate of drug-likeness (QED) is 0.131. The Morgan fingerprint density at radius 1 is 0.477 bits per heavy atom. The van der Waals surface area contributed by atoms with E-state index in [2.05, 4.69) is 19.1 Å². The molecule has 4 aliphatic heterocycles. The van der Waals surface area contributed by atoms with Crippen LogP contribution in [0.3, 0.4) is 0 Å². The maximum atomic E-state index is 6.22. The van der Waals surface area contributed by atoms with Gasteiger partial charge in [0.1, 0.15) is 0 Å². The summed E-state index contributed by atoms with van der Waals surface area (Å²) >= 11 is 0. The summed E-state index contributed by atoms with van der Waals surface area (Å²) in [5.41, 5.74) is 48.5. The maximum Gasteiger partial charge on any atom is 0.172 e. The van der Waals surface area contributed by atoms with Crippen molar-refractivity contribution in [2.45, 2.75) is 244 Å². The molecule has 6 rings (SSSR count). The van der Waals surface area contributed by atoms with Crippen molar-refractivity contribution in [2.24, 2.45) is 51.8 Å². The molecule has 0 spiro atoms. The summed E-state index contributed by atoms with van der Waals surface area (Å²) in [4.78, 5) is 0. The monoisotopic (exact) mass is 933 g/mol. The van der Waals surface area contributed by atoms with E-state index < -0.39 is 0 Å². The predicted molar refractivity (Wildman–Crippen MR) is 268 cm³/mol. The molecule has 0 radical (unpaired) electrons. The lowest BCUT2D eigenvalue weighted by molar-refractivity contribution is -0.194. The number of rotatable bonds is 12. The maximum absolute atomic E-state index is 6.22. The van der Waals surface area contributed by atoms with Crippen molar-refractivity contribution in [2.75, 3.05) is 28.4 Å². The van der Waals surface area contributed by atoms with Crippen LogP contribution in [0.25, 0.3) is 0 Å². The Labute approximate surface area is 397 Å². The Bertz CT molecular complexity index is 1200. The molecule has 4 heterocycles. The molecule has 5 aliphatic rings. The Balaban J connectivity index is 0. The van der Waals surface area contributed by atoms with Crippen molar-refractivity contribution in [3.8, 4) is 0 Å². The second kappa shape index (κ2) is 39.4. The summed E-state index contributed by atoms with van der Waals surface area (Å²) in [5.74, 6) is 0.673. The van der Waals surface area contributed by atoms with Gasteiger partial charge in [-0.3, -0.25) is 0 Å². The zero-order chi connectivity index (χ0) is 50.1. The minimum atomic E-state index is -0.328. The van der Waals surface area contributed by atoms with Crippen LogP contribution in [-0.4, -0.2) is 126 Å². The number of nitrogens with two attached hydrogens (primary N) is 8. The van der Waals surface area contributed by atoms with Crippen molar-refractivity contribution in [3.05, 3.63) is 35.9 Å². The van der Waals surface area contributed by atoms with E-state index in [1.165, 1.54) is 18.4 Å². The first-order chi connectivity index (χ1) is 31.3. The van der Waals surface area contributed by atoms with Gasteiger partial charge in [0.15, 0.2) is 25.2 Å². The smallest absolute Gasteiger partial charge is 0.172 e. The number of hydrogen-bond acceptors (Lipinski definition) is 16. The first kappa shape index (κ1) is 65.7. The highest BCUT2D eigenvalue weighted by Gasteiger charge is 2.39. The molecule has 16 nitrogen and oxygen atoms in total. The molecule has 16 heteroatoms. The molecule has 0 bridgehead atoms. The summed E-state index contributed by atoms with van der Waals surface area (Å²) < 4.78 is 43.3. The lowest BCUT2D eigenvalue weighted by atomic mass is 9.95. The Morgan fingerprint density at radius 3 is 1.14 bits per heavy atom. The fourth-order valence-corrected chi connectivity index (χ4v) is 7.62. The molecular weight excluding hydrogens is 829 g/mol. The zero-order valence-electron chi connectivity index (χ0n) is 43.6. The average molecular weight is 933 g/mol. The van der Waals surface area contributed by atoms with E-state index in [4.69, 9.17) is 83.8 Å². The van der Waals surface area contributed by atoms with Crippen LogP contribution < -0.4 is 45.9 Å². The molecule has 16 N–H and O–H groups in total. The molecule has 388 valence electrons. The van der Waals surface area contributed by atoms with Gasteiger partial charge in [0.2, 0.25) is 0 Å². The van der Waals surface area contributed by atoms with Crippen LogP contribution in [0.15, 0.2) is 30.3 Å². The van der Waals surface area contributed by atoms with Gasteiger partial charge in [-0.2, -0.15) is 0 Å². The highest BCUT2D eigenvalue weighted by Crippen LogP contribution is 2.36. The summed E-state index contributed by atoms with van der Waals surface area (Å²) in [7, 11) is 6.48. The average Bonchev–Trinajstić information content (AvgIpc) is 4.21. The van der Waals surface area contributed by atoms with Gasteiger partial charge in [0.05, 0.1) is 48.6 Å². The van der Waals surface area contributed by atoms with E-state index in [1.54, 1.807) is 28.4 Å². The van der Waals surface area contributed by atoms with E-state index in [1.807, 2.05) is 80.5 Å². The summed E-state index contributed by atoms with van der Waals surface area (Å²) in [6, 6.07) is 10.5. The van der Waals surface area contributed by atoms with E-state index in [0.29, 0.717) is 5.92 Å². The first-order valence-corrected chi connectivity index (χ1v) is 25.1. The number of ether oxygens (including phenoxy) is 8. The molecule has 0 amide bonds. The molecular formula is C49H104N8O8. The van der Waals surface area contributed by atoms with Gasteiger partial charge in [-0.25, -0.2) is 0 Å². The van der Waals surface area contributed by atoms with Gasteiger partial charge in [-0.1, -0.05) is 92.6 Å². The standard InChI is InChI=1S/C14H22N2O2.C10H20N2O2.C9H20N2O2.C8H18N2O2.4C2H6/c1-17-14-11(15)7-8-13(18-14)12(16)9-10-5-3-2-4-6-10;1-13-10-7(11)4-5-8(14-10)9(12)6-2-3-6;1-3-6(10)8-5-4-7(11)9(12-2)13-8;1-5(9)7-4-3-6(10)8(11-2)12-7;4*1-2/h2-6,11-14H,7-9,15-16H2,1H3;6-10H,2-5,11-12H2,1H3;6-9H,3-5,10-11H2,1-2H3;5-8H,3-4,9-10H2,1-2H3;4*1-2H3/t11-,12?,13?,14+;7-,8?,9?,10+;6?,7-,8?,9+;5?,6-,7?,8+;;;;/m1111..../s1. The van der Waals surface area contributed by atoms with Gasteiger partial charge in [-0.15, -0.1) is 0 Å².